The quantitative estimate of drug-likeness (QED) is 0.483. The number of amides is 4. The van der Waals surface area contributed by atoms with Crippen molar-refractivity contribution in [2.45, 2.75) is 63.6 Å². The van der Waals surface area contributed by atoms with Gasteiger partial charge in [-0.15, -0.1) is 0 Å². The lowest BCUT2D eigenvalue weighted by Crippen LogP contribution is -2.51. The molecule has 9 nitrogen and oxygen atoms in total. The highest BCUT2D eigenvalue weighted by Crippen LogP contribution is 2.33. The lowest BCUT2D eigenvalue weighted by atomic mass is 9.82. The van der Waals surface area contributed by atoms with Gasteiger partial charge in [0.15, 0.2) is 6.10 Å². The molecule has 1 aromatic carbocycles. The first-order valence-corrected chi connectivity index (χ1v) is 12.3. The zero-order valence-electron chi connectivity index (χ0n) is 19.8. The predicted molar refractivity (Wildman–Crippen MR) is 125 cm³/mol. The minimum absolute atomic E-state index is 0.0374. The number of nitrogens with zero attached hydrogens (tertiary/aromatic N) is 3. The van der Waals surface area contributed by atoms with E-state index < -0.39 is 23.6 Å². The fourth-order valence-corrected chi connectivity index (χ4v) is 5.11. The van der Waals surface area contributed by atoms with Crippen LogP contribution in [0.4, 0.5) is 4.79 Å². The van der Waals surface area contributed by atoms with Gasteiger partial charge in [-0.25, -0.2) is 4.79 Å². The second kappa shape index (κ2) is 10.5. The molecule has 1 aliphatic carbocycles. The number of ether oxygens (including phenoxy) is 1. The van der Waals surface area contributed by atoms with Gasteiger partial charge in [-0.05, 0) is 25.3 Å². The Morgan fingerprint density at radius 2 is 1.71 bits per heavy atom. The second-order valence-electron chi connectivity index (χ2n) is 9.50. The number of carbonyl (C=O) groups excluding carboxylic acids is 4. The smallest absolute Gasteiger partial charge is 0.325 e. The van der Waals surface area contributed by atoms with Crippen LogP contribution in [0.2, 0.25) is 0 Å². The topological polar surface area (TPSA) is 99.3 Å². The minimum Gasteiger partial charge on any atom is -0.452 e. The van der Waals surface area contributed by atoms with E-state index in [1.54, 1.807) is 11.8 Å². The SMILES string of the molecule is CC(OC(=O)CCN1C(=O)NC2(CCCCC2)C1=O)C(=O)N1CCN(Cc2ccccc2)CC1. The Bertz CT molecular complexity index is 907. The molecule has 3 fully saturated rings. The van der Waals surface area contributed by atoms with E-state index in [4.69, 9.17) is 4.74 Å². The summed E-state index contributed by atoms with van der Waals surface area (Å²) >= 11 is 0. The standard InChI is InChI=1S/C25H34N4O5/c1-19(22(31)28-16-14-27(15-17-28)18-20-8-4-2-5-9-20)34-21(30)10-13-29-23(32)25(26-24(29)33)11-6-3-7-12-25/h2,4-5,8-9,19H,3,6-7,10-18H2,1H3,(H,26,33). The Hall–Kier alpha value is -2.94. The van der Waals surface area contributed by atoms with E-state index in [1.807, 2.05) is 18.2 Å². The summed E-state index contributed by atoms with van der Waals surface area (Å²) in [6, 6.07) is 9.77. The summed E-state index contributed by atoms with van der Waals surface area (Å²) in [5, 5.41) is 2.83. The van der Waals surface area contributed by atoms with E-state index >= 15 is 0 Å². The molecule has 2 saturated heterocycles. The van der Waals surface area contributed by atoms with E-state index in [1.165, 1.54) is 5.56 Å². The Kier molecular flexibility index (Phi) is 7.50. The van der Waals surface area contributed by atoms with E-state index in [0.29, 0.717) is 25.9 Å². The van der Waals surface area contributed by atoms with Crippen LogP contribution in [0.3, 0.4) is 0 Å². The van der Waals surface area contributed by atoms with Gasteiger partial charge < -0.3 is 15.0 Å². The van der Waals surface area contributed by atoms with E-state index in [-0.39, 0.29) is 24.8 Å². The van der Waals surface area contributed by atoms with Gasteiger partial charge in [-0.2, -0.15) is 0 Å². The normalized spacial score (nSPS) is 21.4. The monoisotopic (exact) mass is 470 g/mol. The molecule has 1 atom stereocenters. The summed E-state index contributed by atoms with van der Waals surface area (Å²) in [6.45, 7) is 5.06. The van der Waals surface area contributed by atoms with E-state index in [0.717, 1.165) is 43.8 Å². The predicted octanol–water partition coefficient (Wildman–Crippen LogP) is 1.91. The van der Waals surface area contributed by atoms with Crippen LogP contribution < -0.4 is 5.32 Å². The van der Waals surface area contributed by atoms with Gasteiger partial charge >= 0.3 is 12.0 Å². The number of rotatable bonds is 7. The summed E-state index contributed by atoms with van der Waals surface area (Å²) < 4.78 is 5.34. The number of hydrogen-bond acceptors (Lipinski definition) is 6. The number of esters is 1. The first-order valence-electron chi connectivity index (χ1n) is 12.3. The maximum absolute atomic E-state index is 12.8. The van der Waals surface area contributed by atoms with Gasteiger partial charge in [0, 0.05) is 39.3 Å². The molecule has 0 bridgehead atoms. The number of benzene rings is 1. The van der Waals surface area contributed by atoms with Gasteiger partial charge in [0.2, 0.25) is 0 Å². The lowest BCUT2D eigenvalue weighted by Gasteiger charge is -2.35. The maximum atomic E-state index is 12.8. The molecular formula is C25H34N4O5. The Balaban J connectivity index is 1.20. The molecule has 1 N–H and O–H groups in total. The molecule has 1 unspecified atom stereocenters. The molecule has 1 spiro atoms. The van der Waals surface area contributed by atoms with Crippen molar-refractivity contribution in [3.63, 3.8) is 0 Å². The Morgan fingerprint density at radius 1 is 1.03 bits per heavy atom. The van der Waals surface area contributed by atoms with Crippen LogP contribution in [0, 0.1) is 0 Å². The number of urea groups is 1. The summed E-state index contributed by atoms with van der Waals surface area (Å²) in [5.41, 5.74) is 0.440. The molecular weight excluding hydrogens is 436 g/mol. The summed E-state index contributed by atoms with van der Waals surface area (Å²) in [7, 11) is 0. The minimum atomic E-state index is -0.902. The van der Waals surface area contributed by atoms with E-state index in [2.05, 4.69) is 22.3 Å². The number of piperazine rings is 1. The average Bonchev–Trinajstić information content (AvgIpc) is 3.07. The van der Waals surface area contributed by atoms with Gasteiger partial charge in [0.05, 0.1) is 6.42 Å². The maximum Gasteiger partial charge on any atom is 0.325 e. The fraction of sp³-hybridized carbons (Fsp3) is 0.600. The van der Waals surface area contributed by atoms with Crippen molar-refractivity contribution >= 4 is 23.8 Å². The number of hydrogen-bond donors (Lipinski definition) is 1. The third kappa shape index (κ3) is 5.41. The second-order valence-corrected chi connectivity index (χ2v) is 9.50. The molecule has 0 radical (unpaired) electrons. The van der Waals surface area contributed by atoms with Crippen LogP contribution in [0.15, 0.2) is 30.3 Å². The van der Waals surface area contributed by atoms with Crippen LogP contribution in [0.5, 0.6) is 0 Å². The van der Waals surface area contributed by atoms with Gasteiger partial charge in [-0.1, -0.05) is 49.6 Å². The highest BCUT2D eigenvalue weighted by molar-refractivity contribution is 6.07. The molecule has 2 aliphatic heterocycles. The van der Waals surface area contributed by atoms with Crippen molar-refractivity contribution in [1.82, 2.24) is 20.0 Å². The van der Waals surface area contributed by atoms with Crippen LogP contribution >= 0.6 is 0 Å². The number of imide groups is 1. The third-order valence-electron chi connectivity index (χ3n) is 7.08. The average molecular weight is 471 g/mol. The molecule has 1 aromatic rings. The van der Waals surface area contributed by atoms with Crippen molar-refractivity contribution in [3.8, 4) is 0 Å². The van der Waals surface area contributed by atoms with Gasteiger partial charge in [-0.3, -0.25) is 24.2 Å². The lowest BCUT2D eigenvalue weighted by molar-refractivity contribution is -0.160. The number of carbonyl (C=O) groups is 4. The Morgan fingerprint density at radius 3 is 2.38 bits per heavy atom. The van der Waals surface area contributed by atoms with Crippen molar-refractivity contribution in [3.05, 3.63) is 35.9 Å². The molecule has 2 heterocycles. The largest absolute Gasteiger partial charge is 0.452 e. The summed E-state index contributed by atoms with van der Waals surface area (Å²) in [5.74, 6) is -1.06. The van der Waals surface area contributed by atoms with Crippen molar-refractivity contribution in [2.24, 2.45) is 0 Å². The van der Waals surface area contributed by atoms with Gasteiger partial charge in [0.25, 0.3) is 11.8 Å². The van der Waals surface area contributed by atoms with Gasteiger partial charge in [0.1, 0.15) is 5.54 Å². The molecule has 4 amide bonds. The molecule has 4 rings (SSSR count). The molecule has 0 aromatic heterocycles. The number of nitrogens with one attached hydrogen (secondary N) is 1. The first-order chi connectivity index (χ1) is 16.4. The summed E-state index contributed by atoms with van der Waals surface area (Å²) in [4.78, 5) is 55.4. The highest BCUT2D eigenvalue weighted by Gasteiger charge is 2.51. The third-order valence-corrected chi connectivity index (χ3v) is 7.08. The zero-order chi connectivity index (χ0) is 24.1. The fourth-order valence-electron chi connectivity index (χ4n) is 5.11. The van der Waals surface area contributed by atoms with Crippen LogP contribution in [0.25, 0.3) is 0 Å². The molecule has 9 heteroatoms. The van der Waals surface area contributed by atoms with Crippen molar-refractivity contribution in [1.29, 1.82) is 0 Å². The van der Waals surface area contributed by atoms with Crippen LogP contribution in [0.1, 0.15) is 51.0 Å². The zero-order valence-corrected chi connectivity index (χ0v) is 19.8. The summed E-state index contributed by atoms with van der Waals surface area (Å²) in [6.07, 6.45) is 3.12. The first kappa shape index (κ1) is 24.2. The van der Waals surface area contributed by atoms with Crippen LogP contribution in [-0.4, -0.2) is 82.9 Å². The molecule has 3 aliphatic rings. The molecule has 1 saturated carbocycles. The van der Waals surface area contributed by atoms with Crippen LogP contribution in [-0.2, 0) is 25.7 Å². The molecule has 184 valence electrons. The van der Waals surface area contributed by atoms with Crippen molar-refractivity contribution in [2.75, 3.05) is 32.7 Å². The molecule has 34 heavy (non-hydrogen) atoms. The van der Waals surface area contributed by atoms with E-state index in [9.17, 15) is 19.2 Å². The van der Waals surface area contributed by atoms with Crippen molar-refractivity contribution < 1.29 is 23.9 Å². The highest BCUT2D eigenvalue weighted by atomic mass is 16.5. The Labute approximate surface area is 200 Å².